The van der Waals surface area contributed by atoms with Gasteiger partial charge >= 0.3 is 0 Å². The molecule has 0 aromatic carbocycles. The summed E-state index contributed by atoms with van der Waals surface area (Å²) in [5.74, 6) is 0. The van der Waals surface area contributed by atoms with Gasteiger partial charge in [-0.3, -0.25) is 4.79 Å². The van der Waals surface area contributed by atoms with Crippen LogP contribution in [0.4, 0.5) is 0 Å². The molecule has 0 spiro atoms. The van der Waals surface area contributed by atoms with Gasteiger partial charge in [0.15, 0.2) is 0 Å². The molecule has 108 valence electrons. The minimum absolute atomic E-state index is 0.00337. The third-order valence-corrected chi connectivity index (χ3v) is 2.24. The van der Waals surface area contributed by atoms with Gasteiger partial charge in [0.1, 0.15) is 6.61 Å². The molecular weight excluding hydrogens is 236 g/mol. The SMILES string of the molecule is CCCOC(C)COC(C)COC(C)COC=O. The molecule has 18 heavy (non-hydrogen) atoms. The van der Waals surface area contributed by atoms with Gasteiger partial charge in [0.25, 0.3) is 6.47 Å². The van der Waals surface area contributed by atoms with E-state index in [2.05, 4.69) is 11.7 Å². The summed E-state index contributed by atoms with van der Waals surface area (Å²) in [5.41, 5.74) is 0. The van der Waals surface area contributed by atoms with Crippen molar-refractivity contribution >= 4 is 6.47 Å². The summed E-state index contributed by atoms with van der Waals surface area (Å²) in [5, 5.41) is 0. The van der Waals surface area contributed by atoms with Crippen LogP contribution < -0.4 is 0 Å². The van der Waals surface area contributed by atoms with Crippen molar-refractivity contribution in [3.63, 3.8) is 0 Å². The van der Waals surface area contributed by atoms with Gasteiger partial charge < -0.3 is 18.9 Å². The molecule has 0 aliphatic rings. The van der Waals surface area contributed by atoms with Crippen molar-refractivity contribution in [2.75, 3.05) is 26.4 Å². The van der Waals surface area contributed by atoms with Crippen LogP contribution in [0.25, 0.3) is 0 Å². The second kappa shape index (κ2) is 11.4. The van der Waals surface area contributed by atoms with Crippen molar-refractivity contribution in [2.24, 2.45) is 0 Å². The van der Waals surface area contributed by atoms with Crippen LogP contribution in [0.3, 0.4) is 0 Å². The zero-order valence-electron chi connectivity index (χ0n) is 11.9. The average molecular weight is 262 g/mol. The molecule has 0 saturated heterocycles. The second-order valence-electron chi connectivity index (χ2n) is 4.40. The summed E-state index contributed by atoms with van der Waals surface area (Å²) in [4.78, 5) is 9.99. The lowest BCUT2D eigenvalue weighted by Gasteiger charge is -2.19. The molecule has 0 saturated carbocycles. The maximum Gasteiger partial charge on any atom is 0.293 e. The number of carbonyl (C=O) groups is 1. The van der Waals surface area contributed by atoms with Crippen LogP contribution in [0.5, 0.6) is 0 Å². The molecule has 0 N–H and O–H groups in total. The minimum Gasteiger partial charge on any atom is -0.465 e. The van der Waals surface area contributed by atoms with Crippen LogP contribution in [-0.4, -0.2) is 51.2 Å². The molecule has 3 unspecified atom stereocenters. The van der Waals surface area contributed by atoms with Crippen molar-refractivity contribution in [1.29, 1.82) is 0 Å². The Balaban J connectivity index is 3.52. The van der Waals surface area contributed by atoms with Crippen LogP contribution in [0.2, 0.25) is 0 Å². The van der Waals surface area contributed by atoms with E-state index < -0.39 is 0 Å². The molecule has 3 atom stereocenters. The molecule has 0 aliphatic heterocycles. The Labute approximate surface area is 110 Å². The van der Waals surface area contributed by atoms with Gasteiger partial charge in [-0.05, 0) is 27.2 Å². The molecule has 0 aliphatic carbocycles. The van der Waals surface area contributed by atoms with Gasteiger partial charge in [0.05, 0.1) is 31.5 Å². The fraction of sp³-hybridized carbons (Fsp3) is 0.923. The third kappa shape index (κ3) is 10.5. The molecular formula is C13H26O5. The number of hydrogen-bond acceptors (Lipinski definition) is 5. The zero-order chi connectivity index (χ0) is 13.8. The summed E-state index contributed by atoms with van der Waals surface area (Å²) in [6, 6.07) is 0. The average Bonchev–Trinajstić information content (AvgIpc) is 2.37. The number of rotatable bonds is 12. The first-order chi connectivity index (χ1) is 8.60. The van der Waals surface area contributed by atoms with Gasteiger partial charge in [-0.1, -0.05) is 6.92 Å². The normalized spacial score (nSPS) is 16.0. The lowest BCUT2D eigenvalue weighted by Crippen LogP contribution is -2.26. The summed E-state index contributed by atoms with van der Waals surface area (Å²) in [7, 11) is 0. The molecule has 0 aromatic heterocycles. The van der Waals surface area contributed by atoms with Gasteiger partial charge in [0, 0.05) is 6.61 Å². The highest BCUT2D eigenvalue weighted by Crippen LogP contribution is 2.00. The van der Waals surface area contributed by atoms with Gasteiger partial charge in [-0.15, -0.1) is 0 Å². The van der Waals surface area contributed by atoms with Crippen LogP contribution in [-0.2, 0) is 23.7 Å². The first-order valence-corrected chi connectivity index (χ1v) is 6.50. The van der Waals surface area contributed by atoms with Crippen LogP contribution in [0, 0.1) is 0 Å². The van der Waals surface area contributed by atoms with Crippen LogP contribution >= 0.6 is 0 Å². The summed E-state index contributed by atoms with van der Waals surface area (Å²) >= 11 is 0. The van der Waals surface area contributed by atoms with E-state index in [-0.39, 0.29) is 24.9 Å². The highest BCUT2D eigenvalue weighted by Gasteiger charge is 2.09. The maximum atomic E-state index is 9.99. The van der Waals surface area contributed by atoms with Crippen molar-refractivity contribution in [3.05, 3.63) is 0 Å². The summed E-state index contributed by atoms with van der Waals surface area (Å²) < 4.78 is 21.2. The number of hydrogen-bond donors (Lipinski definition) is 0. The molecule has 0 heterocycles. The summed E-state index contributed by atoms with van der Waals surface area (Å²) in [6.07, 6.45) is 0.992. The number of ether oxygens (including phenoxy) is 4. The van der Waals surface area contributed by atoms with Crippen LogP contribution in [0.1, 0.15) is 34.1 Å². The van der Waals surface area contributed by atoms with Crippen molar-refractivity contribution < 1.29 is 23.7 Å². The van der Waals surface area contributed by atoms with E-state index in [0.29, 0.717) is 19.7 Å². The second-order valence-corrected chi connectivity index (χ2v) is 4.40. The van der Waals surface area contributed by atoms with Gasteiger partial charge in [-0.2, -0.15) is 0 Å². The highest BCUT2D eigenvalue weighted by molar-refractivity contribution is 5.36. The fourth-order valence-corrected chi connectivity index (χ4v) is 1.24. The van der Waals surface area contributed by atoms with Gasteiger partial charge in [-0.25, -0.2) is 0 Å². The first-order valence-electron chi connectivity index (χ1n) is 6.50. The fourth-order valence-electron chi connectivity index (χ4n) is 1.24. The Kier molecular flexibility index (Phi) is 11.0. The molecule has 5 nitrogen and oxygen atoms in total. The Bertz CT molecular complexity index is 198. The van der Waals surface area contributed by atoms with E-state index in [0.717, 1.165) is 13.0 Å². The molecule has 0 fully saturated rings. The molecule has 0 aromatic rings. The topological polar surface area (TPSA) is 54.0 Å². The Morgan fingerprint density at radius 3 is 1.89 bits per heavy atom. The van der Waals surface area contributed by atoms with Crippen LogP contribution in [0.15, 0.2) is 0 Å². The largest absolute Gasteiger partial charge is 0.465 e. The Morgan fingerprint density at radius 2 is 1.39 bits per heavy atom. The first kappa shape index (κ1) is 17.4. The van der Waals surface area contributed by atoms with E-state index in [1.54, 1.807) is 0 Å². The third-order valence-electron chi connectivity index (χ3n) is 2.24. The molecule has 0 amide bonds. The van der Waals surface area contributed by atoms with E-state index in [4.69, 9.17) is 14.2 Å². The standard InChI is InChI=1S/C13H26O5/c1-5-6-16-12(3)8-18-13(4)9-17-11(2)7-15-10-14/h10-13H,5-9H2,1-4H3. The van der Waals surface area contributed by atoms with Crippen molar-refractivity contribution in [2.45, 2.75) is 52.4 Å². The Hall–Kier alpha value is -0.650. The predicted octanol–water partition coefficient (Wildman–Crippen LogP) is 1.78. The van der Waals surface area contributed by atoms with E-state index in [9.17, 15) is 4.79 Å². The minimum atomic E-state index is -0.116. The van der Waals surface area contributed by atoms with E-state index in [1.807, 2.05) is 20.8 Å². The van der Waals surface area contributed by atoms with E-state index in [1.165, 1.54) is 0 Å². The molecule has 0 bridgehead atoms. The van der Waals surface area contributed by atoms with Crippen molar-refractivity contribution in [3.8, 4) is 0 Å². The van der Waals surface area contributed by atoms with E-state index >= 15 is 0 Å². The molecule has 5 heteroatoms. The van der Waals surface area contributed by atoms with Gasteiger partial charge in [0.2, 0.25) is 0 Å². The molecule has 0 rings (SSSR count). The zero-order valence-corrected chi connectivity index (χ0v) is 11.9. The monoisotopic (exact) mass is 262 g/mol. The Morgan fingerprint density at radius 1 is 0.889 bits per heavy atom. The maximum absolute atomic E-state index is 9.99. The lowest BCUT2D eigenvalue weighted by molar-refractivity contribution is -0.133. The lowest BCUT2D eigenvalue weighted by atomic mass is 10.4. The molecule has 0 radical (unpaired) electrons. The van der Waals surface area contributed by atoms with Crippen molar-refractivity contribution in [1.82, 2.24) is 0 Å². The smallest absolute Gasteiger partial charge is 0.293 e. The summed E-state index contributed by atoms with van der Waals surface area (Å²) in [6.45, 7) is 10.3. The number of carbonyl (C=O) groups excluding carboxylic acids is 1. The highest BCUT2D eigenvalue weighted by atomic mass is 16.6. The predicted molar refractivity (Wildman–Crippen MR) is 68.5 cm³/mol. The quantitative estimate of drug-likeness (QED) is 0.502.